The predicted octanol–water partition coefficient (Wildman–Crippen LogP) is 4.95. The van der Waals surface area contributed by atoms with Crippen LogP contribution in [0.4, 0.5) is 18.9 Å². The molecule has 0 bridgehead atoms. The van der Waals surface area contributed by atoms with Crippen molar-refractivity contribution >= 4 is 11.4 Å². The quantitative estimate of drug-likeness (QED) is 0.835. The monoisotopic (exact) mass is 324 g/mol. The maximum absolute atomic E-state index is 13.3. The molecule has 1 aromatic rings. The van der Waals surface area contributed by atoms with Gasteiger partial charge in [0.2, 0.25) is 0 Å². The zero-order valence-corrected chi connectivity index (χ0v) is 13.7. The molecule has 0 spiro atoms. The van der Waals surface area contributed by atoms with Crippen molar-refractivity contribution in [2.45, 2.75) is 63.6 Å². The van der Waals surface area contributed by atoms with Crippen LogP contribution in [0.5, 0.6) is 0 Å². The molecule has 0 amide bonds. The summed E-state index contributed by atoms with van der Waals surface area (Å²) in [6.45, 7) is 1.69. The minimum atomic E-state index is -4.31. The lowest BCUT2D eigenvalue weighted by Crippen LogP contribution is -2.46. The second-order valence-corrected chi connectivity index (χ2v) is 6.93. The zero-order valence-electron chi connectivity index (χ0n) is 13.7. The summed E-state index contributed by atoms with van der Waals surface area (Å²) in [5.74, 6) is 0. The van der Waals surface area contributed by atoms with E-state index in [0.29, 0.717) is 23.2 Å². The topological polar surface area (TPSA) is 24.4 Å². The van der Waals surface area contributed by atoms with Crippen LogP contribution in [-0.4, -0.2) is 18.3 Å². The van der Waals surface area contributed by atoms with Crippen molar-refractivity contribution in [3.63, 3.8) is 0 Å². The third-order valence-corrected chi connectivity index (χ3v) is 5.22. The number of hydrogen-bond acceptors (Lipinski definition) is 2. The summed E-state index contributed by atoms with van der Waals surface area (Å²) in [6.07, 6.45) is 2.50. The minimum absolute atomic E-state index is 0.00651. The number of nitrogens with one attached hydrogen (secondary N) is 1. The fourth-order valence-corrected chi connectivity index (χ4v) is 3.99. The molecule has 0 radical (unpaired) electrons. The van der Waals surface area contributed by atoms with Gasteiger partial charge in [0.1, 0.15) is 0 Å². The number of aryl methyl sites for hydroxylation is 1. The van der Waals surface area contributed by atoms with E-state index in [9.17, 15) is 13.2 Å². The van der Waals surface area contributed by atoms with Gasteiger partial charge in [-0.2, -0.15) is 13.2 Å². The van der Waals surface area contributed by atoms with E-state index in [4.69, 9.17) is 0 Å². The van der Waals surface area contributed by atoms with Crippen LogP contribution in [0, 0.1) is 6.92 Å². The van der Waals surface area contributed by atoms with E-state index in [-0.39, 0.29) is 5.54 Å². The summed E-state index contributed by atoms with van der Waals surface area (Å²) >= 11 is 0. The van der Waals surface area contributed by atoms with E-state index in [1.54, 1.807) is 13.0 Å². The van der Waals surface area contributed by atoms with Crippen molar-refractivity contribution in [2.75, 3.05) is 7.05 Å². The first-order chi connectivity index (χ1) is 10.8. The van der Waals surface area contributed by atoms with Crippen LogP contribution < -0.4 is 5.32 Å². The molecule has 0 unspecified atom stereocenters. The lowest BCUT2D eigenvalue weighted by Gasteiger charge is -2.37. The first-order valence-corrected chi connectivity index (χ1v) is 8.29. The molecule has 0 aromatic heterocycles. The summed E-state index contributed by atoms with van der Waals surface area (Å²) in [5.41, 5.74) is 1.84. The van der Waals surface area contributed by atoms with E-state index in [1.807, 2.05) is 7.05 Å². The predicted molar refractivity (Wildman–Crippen MR) is 86.5 cm³/mol. The molecular formula is C18H23F3N2. The number of hydrogen-bond donors (Lipinski definition) is 1. The molecule has 1 heterocycles. The molecule has 5 heteroatoms. The zero-order chi connectivity index (χ0) is 16.7. The number of rotatable bonds is 3. The van der Waals surface area contributed by atoms with Crippen molar-refractivity contribution in [1.29, 1.82) is 0 Å². The standard InChI is InChI=1S/C18H23F3N2/c1-12-8-15(18(19,20)21)14-10-13(23-16(14)9-12)11-17(22-2)6-4-3-5-7-17/h8-9,22H,3-7,10-11H2,1-2H3. The van der Waals surface area contributed by atoms with Gasteiger partial charge in [-0.3, -0.25) is 4.99 Å². The first-order valence-electron chi connectivity index (χ1n) is 8.29. The summed E-state index contributed by atoms with van der Waals surface area (Å²) in [4.78, 5) is 4.55. The van der Waals surface area contributed by atoms with Crippen molar-refractivity contribution in [3.05, 3.63) is 28.8 Å². The molecule has 1 saturated carbocycles. The Morgan fingerprint density at radius 2 is 1.87 bits per heavy atom. The van der Waals surface area contributed by atoms with Gasteiger partial charge in [0.25, 0.3) is 0 Å². The molecule has 126 valence electrons. The summed E-state index contributed by atoms with van der Waals surface area (Å²) < 4.78 is 39.9. The number of aliphatic imine (C=N–C) groups is 1. The SMILES string of the molecule is CNC1(CC2=Nc3cc(C)cc(C(F)(F)F)c3C2)CCCCC1. The van der Waals surface area contributed by atoms with E-state index >= 15 is 0 Å². The molecular weight excluding hydrogens is 301 g/mol. The summed E-state index contributed by atoms with van der Waals surface area (Å²) in [7, 11) is 1.96. The highest BCUT2D eigenvalue weighted by atomic mass is 19.4. The van der Waals surface area contributed by atoms with E-state index in [2.05, 4.69) is 10.3 Å². The van der Waals surface area contributed by atoms with Crippen molar-refractivity contribution in [2.24, 2.45) is 4.99 Å². The Morgan fingerprint density at radius 3 is 2.48 bits per heavy atom. The minimum Gasteiger partial charge on any atom is -0.314 e. The van der Waals surface area contributed by atoms with Crippen LogP contribution in [0.1, 0.15) is 55.2 Å². The maximum Gasteiger partial charge on any atom is 0.416 e. The summed E-state index contributed by atoms with van der Waals surface area (Å²) in [5, 5.41) is 3.42. The van der Waals surface area contributed by atoms with Crippen LogP contribution in [-0.2, 0) is 12.6 Å². The molecule has 1 aliphatic heterocycles. The van der Waals surface area contributed by atoms with Crippen LogP contribution in [0.2, 0.25) is 0 Å². The van der Waals surface area contributed by atoms with E-state index < -0.39 is 11.7 Å². The first kappa shape index (κ1) is 16.5. The van der Waals surface area contributed by atoms with Gasteiger partial charge < -0.3 is 5.32 Å². The van der Waals surface area contributed by atoms with Gasteiger partial charge in [0, 0.05) is 24.1 Å². The lowest BCUT2D eigenvalue weighted by atomic mass is 9.77. The highest BCUT2D eigenvalue weighted by Gasteiger charge is 2.38. The smallest absolute Gasteiger partial charge is 0.314 e. The van der Waals surface area contributed by atoms with Gasteiger partial charge in [0.05, 0.1) is 11.3 Å². The Bertz CT molecular complexity index is 626. The van der Waals surface area contributed by atoms with Gasteiger partial charge >= 0.3 is 6.18 Å². The molecule has 3 rings (SSSR count). The lowest BCUT2D eigenvalue weighted by molar-refractivity contribution is -0.138. The van der Waals surface area contributed by atoms with Crippen molar-refractivity contribution in [1.82, 2.24) is 5.32 Å². The van der Waals surface area contributed by atoms with Gasteiger partial charge in [-0.1, -0.05) is 19.3 Å². The molecule has 1 aromatic carbocycles. The molecule has 0 atom stereocenters. The molecule has 23 heavy (non-hydrogen) atoms. The third kappa shape index (κ3) is 3.30. The fraction of sp³-hybridized carbons (Fsp3) is 0.611. The van der Waals surface area contributed by atoms with Crippen LogP contribution in [0.25, 0.3) is 0 Å². The van der Waals surface area contributed by atoms with Gasteiger partial charge in [-0.15, -0.1) is 0 Å². The maximum atomic E-state index is 13.3. The number of benzene rings is 1. The van der Waals surface area contributed by atoms with Gasteiger partial charge in [-0.05, 0) is 50.1 Å². The largest absolute Gasteiger partial charge is 0.416 e. The average Bonchev–Trinajstić information content (AvgIpc) is 2.88. The normalized spacial score (nSPS) is 20.3. The fourth-order valence-electron chi connectivity index (χ4n) is 3.99. The summed E-state index contributed by atoms with van der Waals surface area (Å²) in [6, 6.07) is 3.01. The molecule has 1 aliphatic carbocycles. The molecule has 0 saturated heterocycles. The Balaban J connectivity index is 1.87. The number of fused-ring (bicyclic) bond motifs is 1. The second-order valence-electron chi connectivity index (χ2n) is 6.93. The van der Waals surface area contributed by atoms with Gasteiger partial charge in [-0.25, -0.2) is 0 Å². The third-order valence-electron chi connectivity index (χ3n) is 5.22. The van der Waals surface area contributed by atoms with Crippen molar-refractivity contribution in [3.8, 4) is 0 Å². The molecule has 2 aliphatic rings. The van der Waals surface area contributed by atoms with Crippen LogP contribution in [0.15, 0.2) is 17.1 Å². The highest BCUT2D eigenvalue weighted by Crippen LogP contribution is 2.42. The average molecular weight is 324 g/mol. The Morgan fingerprint density at radius 1 is 1.17 bits per heavy atom. The number of halogens is 3. The molecule has 2 nitrogen and oxygen atoms in total. The van der Waals surface area contributed by atoms with Crippen LogP contribution >= 0.6 is 0 Å². The van der Waals surface area contributed by atoms with Crippen molar-refractivity contribution < 1.29 is 13.2 Å². The second kappa shape index (κ2) is 5.93. The Labute approximate surface area is 135 Å². The Kier molecular flexibility index (Phi) is 4.25. The number of alkyl halides is 3. The molecule has 1 N–H and O–H groups in total. The van der Waals surface area contributed by atoms with E-state index in [0.717, 1.165) is 25.0 Å². The van der Waals surface area contributed by atoms with E-state index in [1.165, 1.54) is 25.3 Å². The van der Waals surface area contributed by atoms with Crippen LogP contribution in [0.3, 0.4) is 0 Å². The Hall–Kier alpha value is -1.36. The highest BCUT2D eigenvalue weighted by molar-refractivity contribution is 5.95. The molecule has 1 fully saturated rings. The van der Waals surface area contributed by atoms with Gasteiger partial charge in [0.15, 0.2) is 0 Å². The number of nitrogens with zero attached hydrogens (tertiary/aromatic N) is 1.